The number of benzene rings is 1. The summed E-state index contributed by atoms with van der Waals surface area (Å²) in [5.74, 6) is 0.814. The molecule has 0 aliphatic rings. The van der Waals surface area contributed by atoms with Crippen LogP contribution >= 0.6 is 15.9 Å². The fourth-order valence-corrected chi connectivity index (χ4v) is 2.56. The van der Waals surface area contributed by atoms with Gasteiger partial charge in [0.1, 0.15) is 5.69 Å². The van der Waals surface area contributed by atoms with Crippen molar-refractivity contribution in [2.45, 2.75) is 13.5 Å². The normalized spacial score (nSPS) is 11.1. The second-order valence-corrected chi connectivity index (χ2v) is 5.17. The molecule has 3 rings (SSSR count). The maximum atomic E-state index is 6.00. The van der Waals surface area contributed by atoms with Gasteiger partial charge in [0.05, 0.1) is 16.7 Å². The van der Waals surface area contributed by atoms with Crippen molar-refractivity contribution in [2.24, 2.45) is 0 Å². The zero-order valence-electron chi connectivity index (χ0n) is 10.5. The minimum absolute atomic E-state index is 0.645. The second kappa shape index (κ2) is 4.66. The van der Waals surface area contributed by atoms with Gasteiger partial charge in [0.15, 0.2) is 5.82 Å². The highest BCUT2D eigenvalue weighted by atomic mass is 79.9. The molecule has 0 radical (unpaired) electrons. The summed E-state index contributed by atoms with van der Waals surface area (Å²) < 4.78 is 3.14. The largest absolute Gasteiger partial charge is 0.397 e. The van der Waals surface area contributed by atoms with Crippen LogP contribution in [0, 0.1) is 0 Å². The Kier molecular flexibility index (Phi) is 2.98. The first-order chi connectivity index (χ1) is 9.20. The summed E-state index contributed by atoms with van der Waals surface area (Å²) >= 11 is 3.47. The van der Waals surface area contributed by atoms with E-state index in [4.69, 9.17) is 5.73 Å². The van der Waals surface area contributed by atoms with Gasteiger partial charge in [0, 0.05) is 17.2 Å². The molecule has 5 heteroatoms. The van der Waals surface area contributed by atoms with Gasteiger partial charge >= 0.3 is 0 Å². The van der Waals surface area contributed by atoms with Gasteiger partial charge in [-0.1, -0.05) is 15.9 Å². The van der Waals surface area contributed by atoms with Crippen LogP contribution in [-0.4, -0.2) is 14.5 Å². The smallest absolute Gasteiger partial charge is 0.161 e. The van der Waals surface area contributed by atoms with E-state index < -0.39 is 0 Å². The Bertz CT molecular complexity index is 748. The molecule has 0 unspecified atom stereocenters. The number of anilines is 1. The number of rotatable bonds is 2. The summed E-state index contributed by atoms with van der Waals surface area (Å²) in [4.78, 5) is 9.02. The lowest BCUT2D eigenvalue weighted by atomic mass is 10.3. The first-order valence-corrected chi connectivity index (χ1v) is 6.86. The number of aryl methyl sites for hydroxylation is 1. The third-order valence-corrected chi connectivity index (χ3v) is 3.57. The highest BCUT2D eigenvalue weighted by molar-refractivity contribution is 9.10. The van der Waals surface area contributed by atoms with Crippen molar-refractivity contribution in [1.82, 2.24) is 14.5 Å². The SMILES string of the molecule is CCn1c(-c2ncccc2N)nc2cc(Br)ccc21. The molecule has 0 aliphatic heterocycles. The van der Waals surface area contributed by atoms with Crippen LogP contribution in [0.25, 0.3) is 22.6 Å². The molecule has 0 fully saturated rings. The summed E-state index contributed by atoms with van der Waals surface area (Å²) in [6, 6.07) is 9.75. The van der Waals surface area contributed by atoms with E-state index in [0.717, 1.165) is 33.6 Å². The number of nitrogen functional groups attached to an aromatic ring is 1. The molecule has 0 saturated heterocycles. The molecule has 0 bridgehead atoms. The summed E-state index contributed by atoms with van der Waals surface area (Å²) in [6.07, 6.45) is 1.74. The molecule has 3 aromatic rings. The number of halogens is 1. The third kappa shape index (κ3) is 2.00. The van der Waals surface area contributed by atoms with E-state index in [1.165, 1.54) is 0 Å². The number of hydrogen-bond acceptors (Lipinski definition) is 3. The molecule has 0 aliphatic carbocycles. The molecule has 2 N–H and O–H groups in total. The first-order valence-electron chi connectivity index (χ1n) is 6.07. The number of fused-ring (bicyclic) bond motifs is 1. The Balaban J connectivity index is 2.32. The molecule has 0 amide bonds. The molecular formula is C14H13BrN4. The highest BCUT2D eigenvalue weighted by Gasteiger charge is 2.14. The molecule has 96 valence electrons. The third-order valence-electron chi connectivity index (χ3n) is 3.08. The summed E-state index contributed by atoms with van der Waals surface area (Å²) in [7, 11) is 0. The molecular weight excluding hydrogens is 304 g/mol. The quantitative estimate of drug-likeness (QED) is 0.787. The average Bonchev–Trinajstić information content (AvgIpc) is 2.76. The standard InChI is InChI=1S/C14H13BrN4/c1-2-19-12-6-5-9(15)8-11(12)18-14(19)13-10(16)4-3-7-17-13/h3-8H,2,16H2,1H3. The number of nitrogens with zero attached hydrogens (tertiary/aromatic N) is 3. The summed E-state index contributed by atoms with van der Waals surface area (Å²) in [6.45, 7) is 2.91. The summed E-state index contributed by atoms with van der Waals surface area (Å²) in [5.41, 5.74) is 9.41. The minimum Gasteiger partial charge on any atom is -0.397 e. The number of imidazole rings is 1. The molecule has 0 atom stereocenters. The van der Waals surface area contributed by atoms with Gasteiger partial charge in [-0.3, -0.25) is 4.98 Å². The Morgan fingerprint density at radius 3 is 2.89 bits per heavy atom. The van der Waals surface area contributed by atoms with Crippen LogP contribution in [0.4, 0.5) is 5.69 Å². The van der Waals surface area contributed by atoms with Gasteiger partial charge < -0.3 is 10.3 Å². The van der Waals surface area contributed by atoms with Crippen molar-refractivity contribution in [3.05, 3.63) is 41.0 Å². The van der Waals surface area contributed by atoms with Crippen molar-refractivity contribution >= 4 is 32.7 Å². The topological polar surface area (TPSA) is 56.7 Å². The van der Waals surface area contributed by atoms with E-state index in [9.17, 15) is 0 Å². The lowest BCUT2D eigenvalue weighted by Gasteiger charge is -2.07. The van der Waals surface area contributed by atoms with E-state index in [1.807, 2.05) is 24.3 Å². The fraction of sp³-hybridized carbons (Fsp3) is 0.143. The van der Waals surface area contributed by atoms with Gasteiger partial charge in [-0.15, -0.1) is 0 Å². The van der Waals surface area contributed by atoms with Crippen LogP contribution in [0.2, 0.25) is 0 Å². The monoisotopic (exact) mass is 316 g/mol. The van der Waals surface area contributed by atoms with Crippen molar-refractivity contribution < 1.29 is 0 Å². The van der Waals surface area contributed by atoms with Crippen LogP contribution in [0.1, 0.15) is 6.92 Å². The molecule has 1 aromatic carbocycles. The van der Waals surface area contributed by atoms with E-state index in [-0.39, 0.29) is 0 Å². The van der Waals surface area contributed by atoms with Gasteiger partial charge in [-0.25, -0.2) is 4.98 Å². The van der Waals surface area contributed by atoms with Crippen LogP contribution in [-0.2, 0) is 6.54 Å². The van der Waals surface area contributed by atoms with Crippen molar-refractivity contribution in [3.63, 3.8) is 0 Å². The maximum absolute atomic E-state index is 6.00. The molecule has 2 heterocycles. The lowest BCUT2D eigenvalue weighted by Crippen LogP contribution is -2.01. The molecule has 2 aromatic heterocycles. The van der Waals surface area contributed by atoms with Crippen LogP contribution in [0.15, 0.2) is 41.0 Å². The van der Waals surface area contributed by atoms with Gasteiger partial charge in [0.2, 0.25) is 0 Å². The number of hydrogen-bond donors (Lipinski definition) is 1. The zero-order chi connectivity index (χ0) is 13.4. The van der Waals surface area contributed by atoms with E-state index in [0.29, 0.717) is 5.69 Å². The second-order valence-electron chi connectivity index (χ2n) is 4.25. The Labute approximate surface area is 119 Å². The number of aromatic nitrogens is 3. The van der Waals surface area contributed by atoms with Crippen molar-refractivity contribution in [3.8, 4) is 11.5 Å². The van der Waals surface area contributed by atoms with Crippen molar-refractivity contribution in [2.75, 3.05) is 5.73 Å². The van der Waals surface area contributed by atoms with Crippen LogP contribution in [0.5, 0.6) is 0 Å². The average molecular weight is 317 g/mol. The maximum Gasteiger partial charge on any atom is 0.161 e. The van der Waals surface area contributed by atoms with E-state index >= 15 is 0 Å². The predicted octanol–water partition coefficient (Wildman–Crippen LogP) is 3.46. The first kappa shape index (κ1) is 12.2. The minimum atomic E-state index is 0.645. The Hall–Kier alpha value is -1.88. The molecule has 4 nitrogen and oxygen atoms in total. The fourth-order valence-electron chi connectivity index (χ4n) is 2.21. The lowest BCUT2D eigenvalue weighted by molar-refractivity contribution is 0.793. The van der Waals surface area contributed by atoms with E-state index in [1.54, 1.807) is 6.20 Å². The number of nitrogens with two attached hydrogens (primary N) is 1. The Morgan fingerprint density at radius 1 is 1.32 bits per heavy atom. The van der Waals surface area contributed by atoms with Crippen LogP contribution in [0.3, 0.4) is 0 Å². The Morgan fingerprint density at radius 2 is 2.16 bits per heavy atom. The zero-order valence-corrected chi connectivity index (χ0v) is 12.1. The van der Waals surface area contributed by atoms with Crippen LogP contribution < -0.4 is 5.73 Å². The molecule has 19 heavy (non-hydrogen) atoms. The van der Waals surface area contributed by atoms with Gasteiger partial charge in [-0.05, 0) is 37.3 Å². The van der Waals surface area contributed by atoms with Gasteiger partial charge in [-0.2, -0.15) is 0 Å². The molecule has 0 spiro atoms. The summed E-state index contributed by atoms with van der Waals surface area (Å²) in [5, 5.41) is 0. The van der Waals surface area contributed by atoms with Gasteiger partial charge in [0.25, 0.3) is 0 Å². The van der Waals surface area contributed by atoms with E-state index in [2.05, 4.69) is 43.5 Å². The van der Waals surface area contributed by atoms with Crippen molar-refractivity contribution in [1.29, 1.82) is 0 Å². The highest BCUT2D eigenvalue weighted by Crippen LogP contribution is 2.28. The predicted molar refractivity (Wildman–Crippen MR) is 80.8 cm³/mol. The molecule has 0 saturated carbocycles. The number of pyridine rings is 1.